The van der Waals surface area contributed by atoms with Crippen molar-refractivity contribution >= 4 is 23.3 Å². The summed E-state index contributed by atoms with van der Waals surface area (Å²) in [4.78, 5) is 51.9. The Labute approximate surface area is 432 Å². The number of nitrogens with one attached hydrogen (secondary N) is 2. The fourth-order valence-corrected chi connectivity index (χ4v) is 8.88. The van der Waals surface area contributed by atoms with Crippen LogP contribution in [0.25, 0.3) is 0 Å². The second kappa shape index (κ2) is 50.9. The van der Waals surface area contributed by atoms with E-state index in [9.17, 15) is 19.2 Å². The molecule has 1 aromatic carbocycles. The van der Waals surface area contributed by atoms with Gasteiger partial charge in [-0.3, -0.25) is 24.5 Å². The predicted octanol–water partition coefficient (Wildman–Crippen LogP) is 11.9. The zero-order chi connectivity index (χ0) is 51.4. The second-order valence-corrected chi connectivity index (χ2v) is 20.2. The summed E-state index contributed by atoms with van der Waals surface area (Å²) in [5.74, 6) is 0.172. The molecule has 1 amide bonds. The first kappa shape index (κ1) is 66.4. The number of benzene rings is 1. The number of aliphatic hydroxyl groups is 3. The predicted molar refractivity (Wildman–Crippen MR) is 289 cm³/mol. The average molecular weight is 1000 g/mol. The Balaban J connectivity index is 2.69. The Morgan fingerprint density at radius 1 is 0.394 bits per heavy atom. The van der Waals surface area contributed by atoms with Crippen LogP contribution in [-0.4, -0.2) is 117 Å². The first-order valence-corrected chi connectivity index (χ1v) is 29.0. The van der Waals surface area contributed by atoms with Crippen LogP contribution in [0.5, 0.6) is 0 Å². The molecular weight excluding hydrogens is 897 g/mol. The van der Waals surface area contributed by atoms with E-state index in [-0.39, 0.29) is 82.5 Å². The minimum atomic E-state index is -0.981. The molecule has 5 N–H and O–H groups in total. The van der Waals surface area contributed by atoms with Crippen molar-refractivity contribution in [3.8, 4) is 0 Å². The molecule has 0 bridgehead atoms. The lowest BCUT2D eigenvalue weighted by molar-refractivity contribution is -0.122. The lowest BCUT2D eigenvalue weighted by Gasteiger charge is -2.34. The molecule has 0 atom stereocenters. The van der Waals surface area contributed by atoms with Crippen LogP contribution in [0.1, 0.15) is 248 Å². The highest BCUT2D eigenvalue weighted by Crippen LogP contribution is 2.16. The molecule has 412 valence electrons. The van der Waals surface area contributed by atoms with E-state index in [0.717, 1.165) is 96.3 Å². The molecular formula is C59H106N2O10. The van der Waals surface area contributed by atoms with E-state index >= 15 is 0 Å². The standard InChI is InChI=1S/C59H106N2O10/c62-44-33-24-18-12-6-1-3-9-15-21-30-38-55(65)40-47-69-51-59(61-50-57(67)54-36-28-27-29-37-54,52-70-48-41-56(66)39-31-22-16-10-4-2-7-13-19-25-34-45-63)53-71-49-42-58(68)60-43-32-23-17-11-5-8-14-20-26-35-46-64/h27-29,36-37,61-64H,1-26,30-35,38-53H2,(H,60,68). The van der Waals surface area contributed by atoms with Gasteiger partial charge in [0.25, 0.3) is 0 Å². The summed E-state index contributed by atoms with van der Waals surface area (Å²) in [6.45, 7) is 2.44. The van der Waals surface area contributed by atoms with Crippen LogP contribution in [-0.2, 0) is 28.6 Å². The highest BCUT2D eigenvalue weighted by Gasteiger charge is 2.32. The lowest BCUT2D eigenvalue weighted by atomic mass is 10.0. The number of hydrogen-bond donors (Lipinski definition) is 5. The number of hydrogen-bond acceptors (Lipinski definition) is 11. The summed E-state index contributed by atoms with van der Waals surface area (Å²) in [6.07, 6.45) is 38.1. The molecule has 0 saturated heterocycles. The average Bonchev–Trinajstić information content (AvgIpc) is 3.38. The maximum Gasteiger partial charge on any atom is 0.222 e. The number of aliphatic hydroxyl groups excluding tert-OH is 3. The van der Waals surface area contributed by atoms with E-state index in [4.69, 9.17) is 29.5 Å². The third-order valence-electron chi connectivity index (χ3n) is 13.5. The molecule has 0 unspecified atom stereocenters. The Morgan fingerprint density at radius 2 is 0.718 bits per heavy atom. The zero-order valence-corrected chi connectivity index (χ0v) is 45.0. The number of ketones is 3. The topological polar surface area (TPSA) is 181 Å². The summed E-state index contributed by atoms with van der Waals surface area (Å²) in [5.41, 5.74) is -0.406. The molecule has 0 radical (unpaired) electrons. The minimum Gasteiger partial charge on any atom is -0.396 e. The molecule has 1 rings (SSSR count). The smallest absolute Gasteiger partial charge is 0.222 e. The molecule has 0 aromatic heterocycles. The van der Waals surface area contributed by atoms with Gasteiger partial charge in [0, 0.05) is 64.0 Å². The number of Topliss-reactive ketones (excluding diaryl/α,β-unsaturated/α-hetero) is 3. The first-order chi connectivity index (χ1) is 34.9. The van der Waals surface area contributed by atoms with Crippen molar-refractivity contribution in [3.05, 3.63) is 35.9 Å². The van der Waals surface area contributed by atoms with E-state index in [0.29, 0.717) is 51.0 Å². The van der Waals surface area contributed by atoms with Gasteiger partial charge in [0.2, 0.25) is 5.91 Å². The van der Waals surface area contributed by atoms with Crippen LogP contribution < -0.4 is 10.6 Å². The zero-order valence-electron chi connectivity index (χ0n) is 45.0. The largest absolute Gasteiger partial charge is 0.396 e. The number of unbranched alkanes of at least 4 members (excludes halogenated alkanes) is 29. The van der Waals surface area contributed by atoms with E-state index < -0.39 is 5.54 Å². The third kappa shape index (κ3) is 43.5. The van der Waals surface area contributed by atoms with Gasteiger partial charge in [0.1, 0.15) is 11.6 Å². The number of carbonyl (C=O) groups excluding carboxylic acids is 4. The summed E-state index contributed by atoms with van der Waals surface area (Å²) in [7, 11) is 0. The van der Waals surface area contributed by atoms with Crippen LogP contribution in [0.3, 0.4) is 0 Å². The van der Waals surface area contributed by atoms with Gasteiger partial charge < -0.3 is 34.8 Å². The van der Waals surface area contributed by atoms with Gasteiger partial charge in [0.15, 0.2) is 5.78 Å². The summed E-state index contributed by atoms with van der Waals surface area (Å²) in [6, 6.07) is 9.09. The lowest BCUT2D eigenvalue weighted by Crippen LogP contribution is -2.58. The minimum absolute atomic E-state index is 0.00166. The highest BCUT2D eigenvalue weighted by atomic mass is 16.5. The Bertz CT molecular complexity index is 1250. The third-order valence-corrected chi connectivity index (χ3v) is 13.5. The Morgan fingerprint density at radius 3 is 1.08 bits per heavy atom. The Hall–Kier alpha value is -2.58. The molecule has 12 heteroatoms. The van der Waals surface area contributed by atoms with Gasteiger partial charge in [-0.2, -0.15) is 0 Å². The summed E-state index contributed by atoms with van der Waals surface area (Å²) in [5, 5.41) is 33.2. The van der Waals surface area contributed by atoms with Gasteiger partial charge in [-0.05, 0) is 38.5 Å². The molecule has 0 fully saturated rings. The number of rotatable bonds is 57. The van der Waals surface area contributed by atoms with Crippen molar-refractivity contribution in [2.24, 2.45) is 0 Å². The van der Waals surface area contributed by atoms with Gasteiger partial charge in [0.05, 0.1) is 51.7 Å². The van der Waals surface area contributed by atoms with Crippen LogP contribution in [0.2, 0.25) is 0 Å². The quantitative estimate of drug-likeness (QED) is 0.0309. The van der Waals surface area contributed by atoms with E-state index in [1.807, 2.05) is 18.2 Å². The van der Waals surface area contributed by atoms with Gasteiger partial charge in [-0.1, -0.05) is 197 Å². The number of carbonyl (C=O) groups is 4. The van der Waals surface area contributed by atoms with Crippen molar-refractivity contribution in [1.29, 1.82) is 0 Å². The molecule has 0 aliphatic carbocycles. The maximum absolute atomic E-state index is 13.4. The molecule has 0 aliphatic rings. The molecule has 71 heavy (non-hydrogen) atoms. The van der Waals surface area contributed by atoms with Crippen LogP contribution in [0.15, 0.2) is 30.3 Å². The van der Waals surface area contributed by atoms with Crippen molar-refractivity contribution in [3.63, 3.8) is 0 Å². The van der Waals surface area contributed by atoms with Crippen molar-refractivity contribution in [1.82, 2.24) is 10.6 Å². The normalized spacial score (nSPS) is 11.6. The van der Waals surface area contributed by atoms with Crippen molar-refractivity contribution in [2.45, 2.75) is 243 Å². The summed E-state index contributed by atoms with van der Waals surface area (Å²) >= 11 is 0. The SMILES string of the molecule is O=C(CCCCCCCCCCCCCO)CCOCC(COCCC(=O)CCCCCCCCCCCCCO)(COCCC(=O)NCCCCCCCCCCCCO)NCC(=O)c1ccccc1. The number of amides is 1. The molecule has 0 spiro atoms. The first-order valence-electron chi connectivity index (χ1n) is 29.0. The Kier molecular flexibility index (Phi) is 47.7. The van der Waals surface area contributed by atoms with Crippen LogP contribution >= 0.6 is 0 Å². The molecule has 12 nitrogen and oxygen atoms in total. The molecule has 0 aliphatic heterocycles. The monoisotopic (exact) mass is 1000 g/mol. The van der Waals surface area contributed by atoms with Gasteiger partial charge >= 0.3 is 0 Å². The van der Waals surface area contributed by atoms with Crippen molar-refractivity contribution in [2.75, 3.05) is 72.6 Å². The van der Waals surface area contributed by atoms with Crippen LogP contribution in [0.4, 0.5) is 0 Å². The second-order valence-electron chi connectivity index (χ2n) is 20.2. The van der Waals surface area contributed by atoms with E-state index in [2.05, 4.69) is 10.6 Å². The fraction of sp³-hybridized carbons (Fsp3) is 0.831. The van der Waals surface area contributed by atoms with E-state index in [1.54, 1.807) is 12.1 Å². The molecule has 0 saturated carbocycles. The maximum atomic E-state index is 13.4. The van der Waals surface area contributed by atoms with Gasteiger partial charge in [-0.15, -0.1) is 0 Å². The summed E-state index contributed by atoms with van der Waals surface area (Å²) < 4.78 is 18.6. The van der Waals surface area contributed by atoms with E-state index in [1.165, 1.54) is 109 Å². The fourth-order valence-electron chi connectivity index (χ4n) is 8.88. The van der Waals surface area contributed by atoms with Crippen molar-refractivity contribution < 1.29 is 48.7 Å². The van der Waals surface area contributed by atoms with Gasteiger partial charge in [-0.25, -0.2) is 0 Å². The molecule has 1 aromatic rings. The highest BCUT2D eigenvalue weighted by molar-refractivity contribution is 5.97. The number of ether oxygens (including phenoxy) is 3. The van der Waals surface area contributed by atoms with Crippen LogP contribution in [0, 0.1) is 0 Å². The molecule has 0 heterocycles.